The summed E-state index contributed by atoms with van der Waals surface area (Å²) in [6, 6.07) is 13.8. The van der Waals surface area contributed by atoms with E-state index >= 15 is 0 Å². The van der Waals surface area contributed by atoms with Crippen LogP contribution >= 0.6 is 15.9 Å². The number of nitriles is 1. The Hall–Kier alpha value is -3.68. The van der Waals surface area contributed by atoms with Gasteiger partial charge in [-0.25, -0.2) is 0 Å². The van der Waals surface area contributed by atoms with Gasteiger partial charge in [0.25, 0.3) is 5.69 Å². The van der Waals surface area contributed by atoms with E-state index < -0.39 is 10.8 Å². The van der Waals surface area contributed by atoms with Gasteiger partial charge in [-0.15, -0.1) is 0 Å². The van der Waals surface area contributed by atoms with Gasteiger partial charge in [-0.1, -0.05) is 29.8 Å². The first-order valence-corrected chi connectivity index (χ1v) is 12.9. The van der Waals surface area contributed by atoms with Crippen LogP contribution in [0.15, 0.2) is 69.6 Å². The molecule has 0 bridgehead atoms. The third-order valence-electron chi connectivity index (χ3n) is 6.83. The predicted octanol–water partition coefficient (Wildman–Crippen LogP) is 5.32. The molecule has 38 heavy (non-hydrogen) atoms. The van der Waals surface area contributed by atoms with E-state index in [-0.39, 0.29) is 29.1 Å². The number of carbonyl (C=O) groups is 1. The van der Waals surface area contributed by atoms with Crippen molar-refractivity contribution in [3.8, 4) is 11.8 Å². The first kappa shape index (κ1) is 27.4. The molecule has 2 N–H and O–H groups in total. The van der Waals surface area contributed by atoms with Gasteiger partial charge in [0.05, 0.1) is 29.1 Å². The van der Waals surface area contributed by atoms with Crippen LogP contribution in [0.4, 0.5) is 5.69 Å². The molecule has 2 aromatic carbocycles. The van der Waals surface area contributed by atoms with Crippen molar-refractivity contribution in [3.05, 3.63) is 90.8 Å². The quantitative estimate of drug-likeness (QED) is 0.327. The Morgan fingerprint density at radius 2 is 1.95 bits per heavy atom. The minimum atomic E-state index is -0.693. The fourth-order valence-electron chi connectivity index (χ4n) is 5.08. The minimum absolute atomic E-state index is 0.00390. The van der Waals surface area contributed by atoms with E-state index in [0.717, 1.165) is 15.7 Å². The molecule has 2 aromatic rings. The predicted molar refractivity (Wildman–Crippen MR) is 145 cm³/mol. The fraction of sp³-hybridized carbons (Fsp3) is 0.357. The number of Topliss-reactive ketones (excluding diaryl/α,β-unsaturated/α-hetero) is 1. The van der Waals surface area contributed by atoms with Crippen molar-refractivity contribution in [2.75, 3.05) is 20.3 Å². The zero-order valence-corrected chi connectivity index (χ0v) is 23.1. The lowest BCUT2D eigenvalue weighted by Gasteiger charge is -2.44. The normalized spacial score (nSPS) is 18.8. The number of methoxy groups -OCH3 is 1. The topological polar surface area (TPSA) is 132 Å². The number of hydrogen-bond acceptors (Lipinski definition) is 8. The molecule has 0 amide bonds. The van der Waals surface area contributed by atoms with Crippen molar-refractivity contribution < 1.29 is 19.2 Å². The van der Waals surface area contributed by atoms with Gasteiger partial charge in [0.2, 0.25) is 0 Å². The van der Waals surface area contributed by atoms with E-state index in [1.165, 1.54) is 12.1 Å². The summed E-state index contributed by atoms with van der Waals surface area (Å²) in [5, 5.41) is 21.2. The Balaban J connectivity index is 1.80. The number of carbonyl (C=O) groups excluding carboxylic acids is 1. The highest BCUT2D eigenvalue weighted by atomic mass is 79.9. The molecule has 0 radical (unpaired) electrons. The Morgan fingerprint density at radius 1 is 1.24 bits per heavy atom. The van der Waals surface area contributed by atoms with Gasteiger partial charge in [0.15, 0.2) is 5.78 Å². The van der Waals surface area contributed by atoms with Gasteiger partial charge < -0.3 is 20.1 Å². The molecule has 0 saturated carbocycles. The largest absolute Gasteiger partial charge is 0.489 e. The van der Waals surface area contributed by atoms with Crippen molar-refractivity contribution in [2.45, 2.75) is 39.2 Å². The summed E-state index contributed by atoms with van der Waals surface area (Å²) in [6.45, 7) is 5.05. The molecule has 10 heteroatoms. The first-order chi connectivity index (χ1) is 18.1. The van der Waals surface area contributed by atoms with Crippen molar-refractivity contribution in [1.29, 1.82) is 5.26 Å². The molecule has 9 nitrogen and oxygen atoms in total. The summed E-state index contributed by atoms with van der Waals surface area (Å²) >= 11 is 3.53. The highest BCUT2D eigenvalue weighted by molar-refractivity contribution is 9.10. The van der Waals surface area contributed by atoms with E-state index in [0.29, 0.717) is 48.7 Å². The van der Waals surface area contributed by atoms with Crippen LogP contribution in [0.1, 0.15) is 43.7 Å². The highest BCUT2D eigenvalue weighted by Crippen LogP contribution is 2.50. The van der Waals surface area contributed by atoms with Crippen LogP contribution in [0.2, 0.25) is 0 Å². The SMILES string of the molecule is COCCN1C(N)=C(C#N)[C@@H](c2cc(Br)ccc2OCc2ccc([N+](=O)[O-])cc2)C2=C1CC(C)(C)CC2=O. The van der Waals surface area contributed by atoms with Crippen molar-refractivity contribution in [1.82, 2.24) is 4.90 Å². The van der Waals surface area contributed by atoms with E-state index in [9.17, 15) is 20.2 Å². The maximum Gasteiger partial charge on any atom is 0.269 e. The van der Waals surface area contributed by atoms with E-state index in [4.69, 9.17) is 15.2 Å². The van der Waals surface area contributed by atoms with Crippen LogP contribution < -0.4 is 10.5 Å². The summed E-state index contributed by atoms with van der Waals surface area (Å²) < 4.78 is 12.2. The first-order valence-electron chi connectivity index (χ1n) is 12.1. The maximum absolute atomic E-state index is 13.7. The van der Waals surface area contributed by atoms with Crippen LogP contribution in [0.25, 0.3) is 0 Å². The number of nitro benzene ring substituents is 1. The molecule has 1 atom stereocenters. The standard InChI is InChI=1S/C28H29BrN4O5/c1-28(2)13-22-26(23(34)14-28)25(21(15-30)27(31)32(22)10-11-37-3)20-12-18(29)6-9-24(20)38-16-17-4-7-19(8-5-17)33(35)36/h4-9,12,25H,10-11,13-14,16,31H2,1-3H3/t25-/m1/s1. The number of ketones is 1. The second-order valence-electron chi connectivity index (χ2n) is 10.2. The fourth-order valence-corrected chi connectivity index (χ4v) is 5.45. The Labute approximate surface area is 229 Å². The Morgan fingerprint density at radius 3 is 2.58 bits per heavy atom. The molecule has 0 saturated heterocycles. The zero-order chi connectivity index (χ0) is 27.6. The van der Waals surface area contributed by atoms with Gasteiger partial charge in [0.1, 0.15) is 18.2 Å². The number of benzene rings is 2. The molecular formula is C28H29BrN4O5. The molecule has 1 heterocycles. The van der Waals surface area contributed by atoms with Gasteiger partial charge in [-0.2, -0.15) is 5.26 Å². The zero-order valence-electron chi connectivity index (χ0n) is 21.5. The number of nitrogens with two attached hydrogens (primary N) is 1. The maximum atomic E-state index is 13.7. The third-order valence-corrected chi connectivity index (χ3v) is 7.32. The third kappa shape index (κ3) is 5.44. The number of hydrogen-bond donors (Lipinski definition) is 1. The lowest BCUT2D eigenvalue weighted by molar-refractivity contribution is -0.384. The monoisotopic (exact) mass is 580 g/mol. The van der Waals surface area contributed by atoms with Crippen LogP contribution in [0.3, 0.4) is 0 Å². The van der Waals surface area contributed by atoms with Crippen LogP contribution in [0.5, 0.6) is 5.75 Å². The van der Waals surface area contributed by atoms with Crippen LogP contribution in [0, 0.1) is 26.9 Å². The molecule has 0 spiro atoms. The highest BCUT2D eigenvalue weighted by Gasteiger charge is 2.45. The molecule has 1 aliphatic heterocycles. The summed E-state index contributed by atoms with van der Waals surface area (Å²) in [4.78, 5) is 26.1. The molecular weight excluding hydrogens is 552 g/mol. The molecule has 4 rings (SSSR count). The lowest BCUT2D eigenvalue weighted by atomic mass is 9.68. The Bertz CT molecular complexity index is 1370. The second-order valence-corrected chi connectivity index (χ2v) is 11.1. The summed E-state index contributed by atoms with van der Waals surface area (Å²) in [5.41, 5.74) is 9.39. The van der Waals surface area contributed by atoms with Gasteiger partial charge >= 0.3 is 0 Å². The lowest BCUT2D eigenvalue weighted by Crippen LogP contribution is -2.43. The van der Waals surface area contributed by atoms with Gasteiger partial charge in [-0.05, 0) is 47.7 Å². The Kier molecular flexibility index (Phi) is 7.90. The number of nitrogens with zero attached hydrogens (tertiary/aromatic N) is 3. The summed E-state index contributed by atoms with van der Waals surface area (Å²) in [5.74, 6) is 0.0824. The smallest absolute Gasteiger partial charge is 0.269 e. The number of halogens is 1. The number of ether oxygens (including phenoxy) is 2. The van der Waals surface area contributed by atoms with E-state index in [1.54, 1.807) is 25.3 Å². The van der Waals surface area contributed by atoms with E-state index in [2.05, 4.69) is 35.8 Å². The number of allylic oxidation sites excluding steroid dienone is 3. The van der Waals surface area contributed by atoms with Crippen molar-refractivity contribution >= 4 is 27.4 Å². The van der Waals surface area contributed by atoms with Crippen molar-refractivity contribution in [2.24, 2.45) is 11.1 Å². The summed E-state index contributed by atoms with van der Waals surface area (Å²) in [6.07, 6.45) is 0.979. The van der Waals surface area contributed by atoms with Crippen LogP contribution in [-0.4, -0.2) is 35.9 Å². The number of nitro groups is 1. The molecule has 0 fully saturated rings. The average molecular weight is 581 g/mol. The average Bonchev–Trinajstić information content (AvgIpc) is 2.86. The van der Waals surface area contributed by atoms with Gasteiger partial charge in [-0.3, -0.25) is 14.9 Å². The molecule has 198 valence electrons. The summed E-state index contributed by atoms with van der Waals surface area (Å²) in [7, 11) is 1.60. The number of non-ortho nitro benzene ring substituents is 1. The van der Waals surface area contributed by atoms with Gasteiger partial charge in [0, 0.05) is 53.5 Å². The molecule has 0 unspecified atom stereocenters. The second kappa shape index (κ2) is 11.0. The van der Waals surface area contributed by atoms with Crippen LogP contribution in [-0.2, 0) is 16.1 Å². The molecule has 1 aliphatic carbocycles. The molecule has 2 aliphatic rings. The number of rotatable bonds is 8. The van der Waals surface area contributed by atoms with Crippen molar-refractivity contribution in [3.63, 3.8) is 0 Å². The van der Waals surface area contributed by atoms with E-state index in [1.807, 2.05) is 17.0 Å². The molecule has 0 aromatic heterocycles. The minimum Gasteiger partial charge on any atom is -0.489 e.